The molecule has 2 N–H and O–H groups in total. The molecule has 0 saturated carbocycles. The van der Waals surface area contributed by atoms with Gasteiger partial charge in [-0.25, -0.2) is 0 Å². The van der Waals surface area contributed by atoms with E-state index in [1.807, 2.05) is 42.5 Å². The highest BCUT2D eigenvalue weighted by molar-refractivity contribution is 5.98. The molecule has 4 rings (SSSR count). The van der Waals surface area contributed by atoms with Gasteiger partial charge in [-0.05, 0) is 97.5 Å². The summed E-state index contributed by atoms with van der Waals surface area (Å²) in [6.07, 6.45) is 7.75. The molecule has 1 heterocycles. The molecule has 0 radical (unpaired) electrons. The fourth-order valence-corrected chi connectivity index (χ4v) is 4.54. The number of hydrogen-bond acceptors (Lipinski definition) is 4. The van der Waals surface area contributed by atoms with Gasteiger partial charge in [-0.3, -0.25) is 4.90 Å². The molecule has 4 heteroatoms. The molecular weight excluding hydrogens is 422 g/mol. The first-order valence-electron chi connectivity index (χ1n) is 12.0. The van der Waals surface area contributed by atoms with E-state index >= 15 is 0 Å². The largest absolute Gasteiger partial charge is 0.508 e. The average molecular weight is 456 g/mol. The zero-order valence-electron chi connectivity index (χ0n) is 19.7. The van der Waals surface area contributed by atoms with Crippen LogP contribution in [0.25, 0.3) is 11.1 Å². The molecule has 3 aromatic carbocycles. The van der Waals surface area contributed by atoms with Gasteiger partial charge in [-0.15, -0.1) is 0 Å². The van der Waals surface area contributed by atoms with E-state index in [2.05, 4.69) is 42.3 Å². The molecule has 4 nitrogen and oxygen atoms in total. The lowest BCUT2D eigenvalue weighted by molar-refractivity contribution is 0.290. The van der Waals surface area contributed by atoms with Crippen molar-refractivity contribution in [3.05, 3.63) is 108 Å². The number of phenols is 1. The summed E-state index contributed by atoms with van der Waals surface area (Å²) in [5.41, 5.74) is 5.47. The maximum Gasteiger partial charge on any atom is 0.126 e. The van der Waals surface area contributed by atoms with Crippen LogP contribution in [0.4, 0.5) is 0 Å². The Morgan fingerprint density at radius 3 is 2.24 bits per heavy atom. The lowest BCUT2D eigenvalue weighted by Gasteiger charge is -2.18. The van der Waals surface area contributed by atoms with Crippen LogP contribution in [0, 0.1) is 0 Å². The highest BCUT2D eigenvalue weighted by Crippen LogP contribution is 2.36. The van der Waals surface area contributed by atoms with E-state index < -0.39 is 0 Å². The predicted molar refractivity (Wildman–Crippen MR) is 139 cm³/mol. The number of likely N-dealkylation sites (tertiary alicyclic amines) is 1. The van der Waals surface area contributed by atoms with E-state index in [-0.39, 0.29) is 12.4 Å². The topological polar surface area (TPSA) is 52.9 Å². The average Bonchev–Trinajstić information content (AvgIpc) is 3.28. The molecule has 176 valence electrons. The molecule has 0 amide bonds. The third-order valence-corrected chi connectivity index (χ3v) is 6.39. The molecule has 1 aliphatic rings. The first-order valence-corrected chi connectivity index (χ1v) is 12.0. The number of allylic oxidation sites excluding steroid dienone is 1. The maximum atomic E-state index is 9.84. The molecule has 1 fully saturated rings. The van der Waals surface area contributed by atoms with Crippen molar-refractivity contribution in [1.82, 2.24) is 4.90 Å². The first-order chi connectivity index (χ1) is 16.7. The standard InChI is InChI=1S/C30H33NO3/c1-31-20-5-9-26(31)19-22-34-28-17-13-25(14-18-28)30(24-11-15-27(33)16-12-24)29(10-6-21-32)23-7-3-2-4-8-23/h2-4,7-8,11-19,22,26,32-33H,5-6,9-10,20-21H2,1H3/b22-19+,30-29-/t26-/m1/s1. The fourth-order valence-electron chi connectivity index (χ4n) is 4.54. The monoisotopic (exact) mass is 455 g/mol. The number of phenolic OH excluding ortho intramolecular Hbond substituents is 1. The van der Waals surface area contributed by atoms with Gasteiger partial charge in [-0.1, -0.05) is 54.6 Å². The quantitative estimate of drug-likeness (QED) is 0.302. The number of nitrogens with zero attached hydrogens (tertiary/aromatic N) is 1. The Labute approximate surface area is 202 Å². The number of aliphatic hydroxyl groups excluding tert-OH is 1. The zero-order chi connectivity index (χ0) is 23.8. The third-order valence-electron chi connectivity index (χ3n) is 6.39. The summed E-state index contributed by atoms with van der Waals surface area (Å²) < 4.78 is 5.89. The van der Waals surface area contributed by atoms with Crippen LogP contribution in [0.5, 0.6) is 11.5 Å². The van der Waals surface area contributed by atoms with Gasteiger partial charge >= 0.3 is 0 Å². The normalized spacial score (nSPS) is 17.2. The second-order valence-electron chi connectivity index (χ2n) is 8.75. The Morgan fingerprint density at radius 1 is 0.941 bits per heavy atom. The molecule has 0 unspecified atom stereocenters. The SMILES string of the molecule is CN1CCC[C@@H]1/C=C/Oc1ccc(/C(=C(/CCCO)c2ccccc2)c2ccc(O)cc2)cc1. The minimum atomic E-state index is 0.133. The van der Waals surface area contributed by atoms with E-state index in [1.165, 1.54) is 12.8 Å². The molecule has 1 saturated heterocycles. The summed E-state index contributed by atoms with van der Waals surface area (Å²) in [4.78, 5) is 2.34. The van der Waals surface area contributed by atoms with Gasteiger partial charge in [0.25, 0.3) is 0 Å². The van der Waals surface area contributed by atoms with Crippen molar-refractivity contribution in [2.75, 3.05) is 20.2 Å². The maximum absolute atomic E-state index is 9.84. The van der Waals surface area contributed by atoms with Crippen LogP contribution in [-0.2, 0) is 0 Å². The molecule has 1 atom stereocenters. The minimum Gasteiger partial charge on any atom is -0.508 e. The van der Waals surface area contributed by atoms with Crippen molar-refractivity contribution < 1.29 is 14.9 Å². The minimum absolute atomic E-state index is 0.133. The van der Waals surface area contributed by atoms with E-state index in [0.29, 0.717) is 12.5 Å². The molecule has 0 aromatic heterocycles. The smallest absolute Gasteiger partial charge is 0.126 e. The van der Waals surface area contributed by atoms with Gasteiger partial charge in [-0.2, -0.15) is 0 Å². The van der Waals surface area contributed by atoms with Gasteiger partial charge in [0.2, 0.25) is 0 Å². The van der Waals surface area contributed by atoms with Crippen LogP contribution in [0.15, 0.2) is 91.2 Å². The van der Waals surface area contributed by atoms with Gasteiger partial charge in [0.1, 0.15) is 11.5 Å². The molecule has 34 heavy (non-hydrogen) atoms. The summed E-state index contributed by atoms with van der Waals surface area (Å²) in [7, 11) is 2.15. The molecular formula is C30H33NO3. The molecule has 0 aliphatic carbocycles. The van der Waals surface area contributed by atoms with E-state index in [1.54, 1.807) is 18.4 Å². The summed E-state index contributed by atoms with van der Waals surface area (Å²) in [5, 5.41) is 19.4. The van der Waals surface area contributed by atoms with Crippen molar-refractivity contribution in [2.24, 2.45) is 0 Å². The number of aromatic hydroxyl groups is 1. The van der Waals surface area contributed by atoms with Gasteiger partial charge in [0.15, 0.2) is 0 Å². The molecule has 1 aliphatic heterocycles. The van der Waals surface area contributed by atoms with Crippen LogP contribution >= 0.6 is 0 Å². The number of ether oxygens (including phenoxy) is 1. The lowest BCUT2D eigenvalue weighted by Crippen LogP contribution is -2.22. The van der Waals surface area contributed by atoms with Crippen LogP contribution in [0.1, 0.15) is 42.4 Å². The Kier molecular flexibility index (Phi) is 8.18. The molecule has 0 bridgehead atoms. The second-order valence-corrected chi connectivity index (χ2v) is 8.75. The van der Waals surface area contributed by atoms with Gasteiger partial charge in [0.05, 0.1) is 6.26 Å². The van der Waals surface area contributed by atoms with Crippen molar-refractivity contribution in [2.45, 2.75) is 31.7 Å². The van der Waals surface area contributed by atoms with Crippen LogP contribution in [0.3, 0.4) is 0 Å². The highest BCUT2D eigenvalue weighted by Gasteiger charge is 2.18. The number of aliphatic hydroxyl groups is 1. The van der Waals surface area contributed by atoms with Crippen molar-refractivity contribution in [3.8, 4) is 11.5 Å². The first kappa shape index (κ1) is 23.8. The lowest BCUT2D eigenvalue weighted by atomic mass is 9.87. The second kappa shape index (κ2) is 11.7. The van der Waals surface area contributed by atoms with Crippen molar-refractivity contribution >= 4 is 11.1 Å². The van der Waals surface area contributed by atoms with Crippen LogP contribution < -0.4 is 4.74 Å². The summed E-state index contributed by atoms with van der Waals surface area (Å²) in [6, 6.07) is 26.2. The Bertz CT molecular complexity index is 1100. The van der Waals surface area contributed by atoms with E-state index in [4.69, 9.17) is 4.74 Å². The van der Waals surface area contributed by atoms with Crippen LogP contribution in [-0.4, -0.2) is 41.4 Å². The number of rotatable bonds is 9. The van der Waals surface area contributed by atoms with E-state index in [9.17, 15) is 10.2 Å². The predicted octanol–water partition coefficient (Wildman–Crippen LogP) is 6.11. The highest BCUT2D eigenvalue weighted by atomic mass is 16.5. The van der Waals surface area contributed by atoms with Gasteiger partial charge in [0, 0.05) is 12.6 Å². The van der Waals surface area contributed by atoms with Gasteiger partial charge < -0.3 is 14.9 Å². The molecule has 0 spiro atoms. The number of hydrogen-bond donors (Lipinski definition) is 2. The molecule has 3 aromatic rings. The Hall–Kier alpha value is -3.34. The third kappa shape index (κ3) is 5.96. The van der Waals surface area contributed by atoms with Crippen molar-refractivity contribution in [1.29, 1.82) is 0 Å². The number of benzene rings is 3. The van der Waals surface area contributed by atoms with Crippen LogP contribution in [0.2, 0.25) is 0 Å². The zero-order valence-corrected chi connectivity index (χ0v) is 19.7. The van der Waals surface area contributed by atoms with Crippen molar-refractivity contribution in [3.63, 3.8) is 0 Å². The van der Waals surface area contributed by atoms with E-state index in [0.717, 1.165) is 46.6 Å². The Morgan fingerprint density at radius 2 is 1.62 bits per heavy atom. The summed E-state index contributed by atoms with van der Waals surface area (Å²) >= 11 is 0. The summed E-state index contributed by atoms with van der Waals surface area (Å²) in [5.74, 6) is 1.03. The summed E-state index contributed by atoms with van der Waals surface area (Å²) in [6.45, 7) is 1.27. The Balaban J connectivity index is 1.68. The number of likely N-dealkylation sites (N-methyl/N-ethyl adjacent to an activating group) is 1. The fraction of sp³-hybridized carbons (Fsp3) is 0.267.